The maximum absolute atomic E-state index is 13.5. The Bertz CT molecular complexity index is 1230. The first-order valence-corrected chi connectivity index (χ1v) is 10.1. The van der Waals surface area contributed by atoms with Crippen LogP contribution in [-0.4, -0.2) is 45.3 Å². The summed E-state index contributed by atoms with van der Waals surface area (Å²) in [6.45, 7) is 2.41. The predicted molar refractivity (Wildman–Crippen MR) is 117 cm³/mol. The molecule has 31 heavy (non-hydrogen) atoms. The number of carbonyl (C=O) groups excluding carboxylic acids is 1. The molecule has 0 saturated heterocycles. The molecule has 2 heterocycles. The highest BCUT2D eigenvalue weighted by atomic mass is 35.5. The molecule has 0 spiro atoms. The third-order valence-electron chi connectivity index (χ3n) is 5.51. The normalized spacial score (nSPS) is 15.5. The monoisotopic (exact) mass is 443 g/mol. The summed E-state index contributed by atoms with van der Waals surface area (Å²) in [5.74, 6) is 0.719. The summed E-state index contributed by atoms with van der Waals surface area (Å²) >= 11 is 6.26. The van der Waals surface area contributed by atoms with Crippen LogP contribution in [0, 0.1) is 6.92 Å². The van der Waals surface area contributed by atoms with Gasteiger partial charge in [-0.1, -0.05) is 17.7 Å². The second kappa shape index (κ2) is 8.24. The molecule has 0 fully saturated rings. The molecule has 8 heteroatoms. The first-order chi connectivity index (χ1) is 14.9. The topological polar surface area (TPSA) is 78.2 Å². The number of ether oxygens (including phenoxy) is 3. The van der Waals surface area contributed by atoms with E-state index in [0.717, 1.165) is 5.56 Å². The van der Waals surface area contributed by atoms with Crippen molar-refractivity contribution in [2.75, 3.05) is 34.5 Å². The lowest BCUT2D eigenvalue weighted by molar-refractivity contribution is 0.0663. The van der Waals surface area contributed by atoms with Crippen molar-refractivity contribution in [3.63, 3.8) is 0 Å². The van der Waals surface area contributed by atoms with Crippen molar-refractivity contribution in [3.8, 4) is 11.5 Å². The predicted octanol–water partition coefficient (Wildman–Crippen LogP) is 3.96. The molecular weight excluding hydrogens is 422 g/mol. The van der Waals surface area contributed by atoms with Gasteiger partial charge in [0.1, 0.15) is 5.58 Å². The zero-order valence-electron chi connectivity index (χ0n) is 17.7. The molecule has 162 valence electrons. The van der Waals surface area contributed by atoms with Crippen molar-refractivity contribution in [2.45, 2.75) is 13.0 Å². The van der Waals surface area contributed by atoms with Crippen LogP contribution >= 0.6 is 11.6 Å². The van der Waals surface area contributed by atoms with Crippen LogP contribution in [0.4, 0.5) is 0 Å². The third-order valence-corrected chi connectivity index (χ3v) is 5.91. The number of rotatable bonds is 6. The van der Waals surface area contributed by atoms with Crippen molar-refractivity contribution >= 4 is 28.5 Å². The molecule has 0 aliphatic carbocycles. The summed E-state index contributed by atoms with van der Waals surface area (Å²) in [5.41, 5.74) is 1.78. The number of benzene rings is 2. The van der Waals surface area contributed by atoms with Gasteiger partial charge in [0.05, 0.1) is 37.8 Å². The molecule has 0 N–H and O–H groups in total. The molecule has 0 bridgehead atoms. The number of hydrogen-bond donors (Lipinski definition) is 0. The van der Waals surface area contributed by atoms with Crippen molar-refractivity contribution in [2.24, 2.45) is 0 Å². The van der Waals surface area contributed by atoms with Crippen LogP contribution in [0.15, 0.2) is 39.5 Å². The molecule has 1 unspecified atom stereocenters. The maximum Gasteiger partial charge on any atom is 0.290 e. The Balaban J connectivity index is 1.98. The highest BCUT2D eigenvalue weighted by Gasteiger charge is 2.42. The minimum atomic E-state index is -0.654. The van der Waals surface area contributed by atoms with Crippen LogP contribution in [0.25, 0.3) is 11.0 Å². The number of hydrogen-bond acceptors (Lipinski definition) is 6. The molecule has 1 aliphatic heterocycles. The van der Waals surface area contributed by atoms with Crippen LogP contribution in [-0.2, 0) is 4.74 Å². The molecule has 2 aromatic carbocycles. The van der Waals surface area contributed by atoms with E-state index in [0.29, 0.717) is 39.7 Å². The fourth-order valence-corrected chi connectivity index (χ4v) is 4.09. The van der Waals surface area contributed by atoms with Gasteiger partial charge in [-0.15, -0.1) is 0 Å². The Labute approximate surface area is 184 Å². The number of methoxy groups -OCH3 is 3. The SMILES string of the molecule is COCCN1C(=O)c2oc3cc(C)c(Cl)cc3c(=O)c2C1c1ccc(OC)c(OC)c1. The lowest BCUT2D eigenvalue weighted by Crippen LogP contribution is -2.32. The first kappa shape index (κ1) is 21.2. The highest BCUT2D eigenvalue weighted by molar-refractivity contribution is 6.32. The summed E-state index contributed by atoms with van der Waals surface area (Å²) in [7, 11) is 4.63. The number of halogens is 1. The lowest BCUT2D eigenvalue weighted by atomic mass is 9.98. The Kier molecular flexibility index (Phi) is 5.64. The average Bonchev–Trinajstić information content (AvgIpc) is 3.05. The van der Waals surface area contributed by atoms with Crippen LogP contribution in [0.5, 0.6) is 11.5 Å². The van der Waals surface area contributed by atoms with Gasteiger partial charge in [0.15, 0.2) is 16.9 Å². The standard InChI is InChI=1S/C23H22ClNO6/c1-12-9-17-14(11-15(12)24)21(26)19-20(13-5-6-16(29-3)18(10-13)30-4)25(7-8-28-2)23(27)22(19)31-17/h5-6,9-11,20H,7-8H2,1-4H3. The largest absolute Gasteiger partial charge is 0.493 e. The van der Waals surface area contributed by atoms with Gasteiger partial charge in [-0.05, 0) is 42.3 Å². The van der Waals surface area contributed by atoms with Crippen molar-refractivity contribution in [1.29, 1.82) is 0 Å². The number of amides is 1. The van der Waals surface area contributed by atoms with Gasteiger partial charge >= 0.3 is 0 Å². The molecule has 0 radical (unpaired) electrons. The van der Waals surface area contributed by atoms with Crippen LogP contribution < -0.4 is 14.9 Å². The van der Waals surface area contributed by atoms with Gasteiger partial charge in [0, 0.05) is 18.7 Å². The Hall–Kier alpha value is -3.03. The van der Waals surface area contributed by atoms with Crippen molar-refractivity contribution in [1.82, 2.24) is 4.90 Å². The zero-order valence-corrected chi connectivity index (χ0v) is 18.4. The van der Waals surface area contributed by atoms with E-state index < -0.39 is 6.04 Å². The molecule has 1 aromatic heterocycles. The van der Waals surface area contributed by atoms with Gasteiger partial charge in [-0.3, -0.25) is 9.59 Å². The van der Waals surface area contributed by atoms with E-state index in [9.17, 15) is 9.59 Å². The summed E-state index contributed by atoms with van der Waals surface area (Å²) in [6, 6.07) is 7.92. The van der Waals surface area contributed by atoms with Gasteiger partial charge < -0.3 is 23.5 Å². The minimum Gasteiger partial charge on any atom is -0.493 e. The number of nitrogens with zero attached hydrogens (tertiary/aromatic N) is 1. The summed E-state index contributed by atoms with van der Waals surface area (Å²) in [4.78, 5) is 28.4. The van der Waals surface area contributed by atoms with E-state index in [1.54, 1.807) is 49.5 Å². The van der Waals surface area contributed by atoms with E-state index in [-0.39, 0.29) is 29.2 Å². The van der Waals surface area contributed by atoms with Gasteiger partial charge in [-0.2, -0.15) is 0 Å². The molecule has 1 atom stereocenters. The maximum atomic E-state index is 13.5. The summed E-state index contributed by atoms with van der Waals surface area (Å²) in [5, 5.41) is 0.796. The number of carbonyl (C=O) groups is 1. The zero-order chi connectivity index (χ0) is 22.3. The van der Waals surface area contributed by atoms with Crippen molar-refractivity contribution < 1.29 is 23.4 Å². The lowest BCUT2D eigenvalue weighted by Gasteiger charge is -2.25. The molecule has 1 aliphatic rings. The Morgan fingerprint density at radius 3 is 2.48 bits per heavy atom. The summed E-state index contributed by atoms with van der Waals surface area (Å²) < 4.78 is 21.9. The molecule has 7 nitrogen and oxygen atoms in total. The van der Waals surface area contributed by atoms with Gasteiger partial charge in [-0.25, -0.2) is 0 Å². The highest BCUT2D eigenvalue weighted by Crippen LogP contribution is 2.41. The second-order valence-corrected chi connectivity index (χ2v) is 7.69. The molecule has 1 amide bonds. The molecular formula is C23H22ClNO6. The van der Waals surface area contributed by atoms with Crippen molar-refractivity contribution in [3.05, 3.63) is 68.0 Å². The quantitative estimate of drug-likeness (QED) is 0.573. The Morgan fingerprint density at radius 1 is 1.06 bits per heavy atom. The van der Waals surface area contributed by atoms with E-state index >= 15 is 0 Å². The number of aryl methyl sites for hydroxylation is 1. The van der Waals surface area contributed by atoms with E-state index in [4.69, 9.17) is 30.2 Å². The second-order valence-electron chi connectivity index (χ2n) is 7.28. The number of fused-ring (bicyclic) bond motifs is 2. The smallest absolute Gasteiger partial charge is 0.290 e. The molecule has 0 saturated carbocycles. The Morgan fingerprint density at radius 2 is 1.81 bits per heavy atom. The fraction of sp³-hybridized carbons (Fsp3) is 0.304. The fourth-order valence-electron chi connectivity index (χ4n) is 3.93. The van der Waals surface area contributed by atoms with E-state index in [1.807, 2.05) is 6.92 Å². The minimum absolute atomic E-state index is 0.0371. The summed E-state index contributed by atoms with van der Waals surface area (Å²) in [6.07, 6.45) is 0. The molecule has 3 aromatic rings. The third kappa shape index (κ3) is 3.43. The van der Waals surface area contributed by atoms with Crippen LogP contribution in [0.2, 0.25) is 5.02 Å². The average molecular weight is 444 g/mol. The van der Waals surface area contributed by atoms with Crippen LogP contribution in [0.3, 0.4) is 0 Å². The van der Waals surface area contributed by atoms with Gasteiger partial charge in [0.25, 0.3) is 5.91 Å². The first-order valence-electron chi connectivity index (χ1n) is 9.70. The van der Waals surface area contributed by atoms with E-state index in [2.05, 4.69) is 0 Å². The van der Waals surface area contributed by atoms with Crippen LogP contribution in [0.1, 0.15) is 33.3 Å². The molecule has 4 rings (SSSR count). The van der Waals surface area contributed by atoms with Gasteiger partial charge in [0.2, 0.25) is 5.76 Å². The van der Waals surface area contributed by atoms with E-state index in [1.165, 1.54) is 7.11 Å².